The number of nitrogens with zero attached hydrogens (tertiary/aromatic N) is 5. The van der Waals surface area contributed by atoms with Gasteiger partial charge in [-0.25, -0.2) is 4.39 Å². The number of halogens is 2. The number of benzene rings is 1. The number of fused-ring (bicyclic) bond motifs is 1. The molecule has 4 rings (SSSR count). The Labute approximate surface area is 172 Å². The number of hydrogen-bond donors (Lipinski definition) is 2. The quantitative estimate of drug-likeness (QED) is 0.444. The van der Waals surface area contributed by atoms with Crippen molar-refractivity contribution >= 4 is 23.5 Å². The van der Waals surface area contributed by atoms with E-state index in [2.05, 4.69) is 9.97 Å². The van der Waals surface area contributed by atoms with E-state index < -0.39 is 17.7 Å². The Bertz CT molecular complexity index is 999. The zero-order chi connectivity index (χ0) is 21.6. The number of carbonyl (C=O) groups is 1. The molecule has 1 aromatic carbocycles. The maximum atomic E-state index is 14.4. The second-order valence-corrected chi connectivity index (χ2v) is 7.95. The number of nitrogen functional groups attached to an aromatic ring is 1. The van der Waals surface area contributed by atoms with Crippen LogP contribution >= 0.6 is 0 Å². The zero-order valence-corrected chi connectivity index (χ0v) is 16.8. The number of amides is 1. The van der Waals surface area contributed by atoms with Crippen LogP contribution in [0.15, 0.2) is 24.3 Å². The van der Waals surface area contributed by atoms with Gasteiger partial charge < -0.3 is 20.4 Å². The second-order valence-electron chi connectivity index (χ2n) is 7.95. The van der Waals surface area contributed by atoms with Gasteiger partial charge in [-0.3, -0.25) is 10.2 Å². The molecular formula is C20H23F2N7O. The van der Waals surface area contributed by atoms with Gasteiger partial charge in [0.1, 0.15) is 17.5 Å². The molecule has 2 fully saturated rings. The fourth-order valence-electron chi connectivity index (χ4n) is 4.23. The van der Waals surface area contributed by atoms with Crippen LogP contribution in [-0.4, -0.2) is 66.9 Å². The van der Waals surface area contributed by atoms with Gasteiger partial charge in [0.25, 0.3) is 5.91 Å². The lowest BCUT2D eigenvalue weighted by Crippen LogP contribution is -2.35. The van der Waals surface area contributed by atoms with Crippen LogP contribution < -0.4 is 15.5 Å². The molecule has 3 heterocycles. The summed E-state index contributed by atoms with van der Waals surface area (Å²) in [6, 6.07) is 5.42. The van der Waals surface area contributed by atoms with E-state index in [0.29, 0.717) is 37.9 Å². The Balaban J connectivity index is 1.50. The topological polar surface area (TPSA) is 102 Å². The van der Waals surface area contributed by atoms with Gasteiger partial charge in [-0.15, -0.1) is 0 Å². The summed E-state index contributed by atoms with van der Waals surface area (Å²) in [6.45, 7) is 2.16. The van der Waals surface area contributed by atoms with Gasteiger partial charge in [-0.2, -0.15) is 14.4 Å². The molecule has 2 aromatic rings. The minimum Gasteiger partial charge on any atom is -0.384 e. The fraction of sp³-hybridized carbons (Fsp3) is 0.400. The third-order valence-corrected chi connectivity index (χ3v) is 5.68. The molecule has 2 unspecified atom stereocenters. The van der Waals surface area contributed by atoms with Gasteiger partial charge in [0.15, 0.2) is 0 Å². The lowest BCUT2D eigenvalue weighted by molar-refractivity contribution is 0.0777. The summed E-state index contributed by atoms with van der Waals surface area (Å²) in [4.78, 5) is 26.4. The molecule has 2 saturated heterocycles. The third-order valence-electron chi connectivity index (χ3n) is 5.68. The predicted octanol–water partition coefficient (Wildman–Crippen LogP) is 1.31. The highest BCUT2D eigenvalue weighted by Gasteiger charge is 2.43. The molecule has 0 bridgehead atoms. The van der Waals surface area contributed by atoms with Crippen LogP contribution in [0.5, 0.6) is 0 Å². The first-order valence-corrected chi connectivity index (χ1v) is 9.63. The number of nitrogens with two attached hydrogens (primary N) is 1. The second kappa shape index (κ2) is 7.51. The summed E-state index contributed by atoms with van der Waals surface area (Å²) in [6.07, 6.45) is 0. The summed E-state index contributed by atoms with van der Waals surface area (Å²) >= 11 is 0. The van der Waals surface area contributed by atoms with E-state index >= 15 is 0 Å². The molecule has 0 aliphatic carbocycles. The van der Waals surface area contributed by atoms with Crippen LogP contribution in [0.2, 0.25) is 0 Å². The van der Waals surface area contributed by atoms with Crippen molar-refractivity contribution in [3.63, 3.8) is 0 Å². The highest BCUT2D eigenvalue weighted by molar-refractivity contribution is 6.07. The molecule has 2 atom stereocenters. The minimum absolute atomic E-state index is 0.103. The van der Waals surface area contributed by atoms with Gasteiger partial charge in [-0.1, -0.05) is 12.1 Å². The summed E-state index contributed by atoms with van der Waals surface area (Å²) in [5, 5.41) is 7.64. The first-order valence-electron chi connectivity index (χ1n) is 9.63. The number of aromatic nitrogens is 2. The number of rotatable bonds is 4. The molecule has 30 heavy (non-hydrogen) atoms. The molecule has 2 aliphatic heterocycles. The molecule has 0 saturated carbocycles. The van der Waals surface area contributed by atoms with Crippen LogP contribution in [-0.2, 0) is 0 Å². The van der Waals surface area contributed by atoms with Gasteiger partial charge in [0, 0.05) is 63.7 Å². The Morgan fingerprint density at radius 2 is 1.83 bits per heavy atom. The van der Waals surface area contributed by atoms with E-state index in [1.807, 2.05) is 4.90 Å². The molecule has 1 aromatic heterocycles. The van der Waals surface area contributed by atoms with Gasteiger partial charge in [0.05, 0.1) is 5.56 Å². The minimum atomic E-state index is -0.681. The highest BCUT2D eigenvalue weighted by Crippen LogP contribution is 2.35. The number of carbonyl (C=O) groups excluding carboxylic acids is 1. The van der Waals surface area contributed by atoms with Crippen molar-refractivity contribution in [1.82, 2.24) is 14.9 Å². The average Bonchev–Trinajstić information content (AvgIpc) is 3.26. The van der Waals surface area contributed by atoms with Crippen molar-refractivity contribution in [2.75, 3.05) is 50.1 Å². The summed E-state index contributed by atoms with van der Waals surface area (Å²) < 4.78 is 28.3. The van der Waals surface area contributed by atoms with Crippen LogP contribution in [0, 0.1) is 29.0 Å². The van der Waals surface area contributed by atoms with E-state index in [1.54, 1.807) is 23.9 Å². The lowest BCUT2D eigenvalue weighted by atomic mass is 10.0. The monoisotopic (exact) mass is 415 g/mol. The summed E-state index contributed by atoms with van der Waals surface area (Å²) in [5.74, 6) is -0.910. The number of amidine groups is 1. The predicted molar refractivity (Wildman–Crippen MR) is 109 cm³/mol. The van der Waals surface area contributed by atoms with Crippen molar-refractivity contribution in [1.29, 1.82) is 5.41 Å². The van der Waals surface area contributed by atoms with Crippen molar-refractivity contribution in [3.05, 3.63) is 47.2 Å². The smallest absolute Gasteiger partial charge is 0.257 e. The van der Waals surface area contributed by atoms with E-state index in [9.17, 15) is 13.6 Å². The van der Waals surface area contributed by atoms with Gasteiger partial charge in [0.2, 0.25) is 11.9 Å². The van der Waals surface area contributed by atoms with Crippen molar-refractivity contribution in [2.24, 2.45) is 17.6 Å². The Morgan fingerprint density at radius 3 is 2.43 bits per heavy atom. The standard InChI is InChI=1S/C20H23F2N7O/c1-27(2)20-25-15(22)6-16(26-20)28-7-11-9-29(10-12(11)8-28)19(30)17-13(18(23)24)4-3-5-14(17)21/h3-6,11-12H,7-10H2,1-2H3,(H3,23,24). The molecule has 8 nitrogen and oxygen atoms in total. The van der Waals surface area contributed by atoms with Crippen LogP contribution in [0.1, 0.15) is 15.9 Å². The molecule has 1 amide bonds. The normalized spacial score (nSPS) is 20.4. The fourth-order valence-corrected chi connectivity index (χ4v) is 4.23. The lowest BCUT2D eigenvalue weighted by Gasteiger charge is -2.24. The maximum Gasteiger partial charge on any atom is 0.257 e. The van der Waals surface area contributed by atoms with Crippen molar-refractivity contribution in [2.45, 2.75) is 0 Å². The Morgan fingerprint density at radius 1 is 1.17 bits per heavy atom. The SMILES string of the molecule is CN(C)c1nc(F)cc(N2CC3CN(C(=O)c4c(F)cccc4C(=N)N)CC3C2)n1. The Kier molecular flexibility index (Phi) is 5.00. The molecule has 0 radical (unpaired) electrons. The van der Waals surface area contributed by atoms with Gasteiger partial charge in [-0.05, 0) is 6.07 Å². The van der Waals surface area contributed by atoms with Crippen molar-refractivity contribution < 1.29 is 13.6 Å². The Hall–Kier alpha value is -3.30. The maximum absolute atomic E-state index is 14.4. The molecular weight excluding hydrogens is 392 g/mol. The highest BCUT2D eigenvalue weighted by atomic mass is 19.1. The van der Waals surface area contributed by atoms with E-state index in [1.165, 1.54) is 24.3 Å². The van der Waals surface area contributed by atoms with Crippen molar-refractivity contribution in [3.8, 4) is 0 Å². The van der Waals surface area contributed by atoms with Crippen LogP contribution in [0.3, 0.4) is 0 Å². The molecule has 10 heteroatoms. The number of anilines is 2. The molecule has 2 aliphatic rings. The van der Waals surface area contributed by atoms with Gasteiger partial charge >= 0.3 is 0 Å². The first kappa shape index (κ1) is 20.0. The number of hydrogen-bond acceptors (Lipinski definition) is 6. The van der Waals surface area contributed by atoms with E-state index in [0.717, 1.165) is 0 Å². The summed E-state index contributed by atoms with van der Waals surface area (Å²) in [5.41, 5.74) is 5.48. The largest absolute Gasteiger partial charge is 0.384 e. The average molecular weight is 415 g/mol. The third kappa shape index (κ3) is 3.53. The zero-order valence-electron chi connectivity index (χ0n) is 16.8. The number of nitrogens with one attached hydrogen (secondary N) is 1. The van der Waals surface area contributed by atoms with Crippen LogP contribution in [0.25, 0.3) is 0 Å². The van der Waals surface area contributed by atoms with Crippen LogP contribution in [0.4, 0.5) is 20.5 Å². The molecule has 158 valence electrons. The molecule has 0 spiro atoms. The van der Waals surface area contributed by atoms with E-state index in [-0.39, 0.29) is 28.8 Å². The van der Waals surface area contributed by atoms with E-state index in [4.69, 9.17) is 11.1 Å². The number of likely N-dealkylation sites (tertiary alicyclic amines) is 1. The first-order chi connectivity index (χ1) is 14.2. The molecule has 3 N–H and O–H groups in total. The summed E-state index contributed by atoms with van der Waals surface area (Å²) in [7, 11) is 3.50.